The molecule has 1 aliphatic rings. The van der Waals surface area contributed by atoms with Crippen molar-refractivity contribution in [2.75, 3.05) is 26.3 Å². The number of benzene rings is 3. The average molecular weight is 440 g/mol. The first-order valence-electron chi connectivity index (χ1n) is 9.65. The normalized spacial score (nSPS) is 14.8. The number of nitro groups is 1. The number of nitrogens with zero attached hydrogens (tertiary/aromatic N) is 2. The van der Waals surface area contributed by atoms with E-state index in [4.69, 9.17) is 9.47 Å². The molecule has 160 valence electrons. The molecule has 0 aliphatic carbocycles. The topological polar surface area (TPSA) is 99.0 Å². The van der Waals surface area contributed by atoms with E-state index in [2.05, 4.69) is 0 Å². The zero-order valence-electron chi connectivity index (χ0n) is 16.5. The predicted octanol–water partition coefficient (Wildman–Crippen LogP) is 4.08. The van der Waals surface area contributed by atoms with Crippen LogP contribution >= 0.6 is 0 Å². The largest absolute Gasteiger partial charge is 0.456 e. The number of hydrogen-bond acceptors (Lipinski definition) is 6. The molecule has 3 aromatic rings. The highest BCUT2D eigenvalue weighted by Crippen LogP contribution is 2.34. The third-order valence-electron chi connectivity index (χ3n) is 4.92. The maximum atomic E-state index is 13.2. The van der Waals surface area contributed by atoms with Crippen LogP contribution in [0.3, 0.4) is 0 Å². The van der Waals surface area contributed by atoms with Gasteiger partial charge in [0.05, 0.1) is 18.1 Å². The monoisotopic (exact) mass is 440 g/mol. The van der Waals surface area contributed by atoms with Gasteiger partial charge in [0.15, 0.2) is 0 Å². The molecular weight excluding hydrogens is 420 g/mol. The van der Waals surface area contributed by atoms with Crippen molar-refractivity contribution in [3.8, 4) is 22.6 Å². The van der Waals surface area contributed by atoms with Gasteiger partial charge in [0, 0.05) is 25.2 Å². The third kappa shape index (κ3) is 4.58. The van der Waals surface area contributed by atoms with E-state index >= 15 is 0 Å². The minimum Gasteiger partial charge on any atom is -0.456 e. The molecule has 0 spiro atoms. The Morgan fingerprint density at radius 3 is 2.19 bits per heavy atom. The van der Waals surface area contributed by atoms with Crippen LogP contribution in [0.25, 0.3) is 11.1 Å². The highest BCUT2D eigenvalue weighted by molar-refractivity contribution is 7.89. The van der Waals surface area contributed by atoms with Gasteiger partial charge < -0.3 is 9.47 Å². The quantitative estimate of drug-likeness (QED) is 0.423. The summed E-state index contributed by atoms with van der Waals surface area (Å²) in [5.41, 5.74) is 1.70. The Kier molecular flexibility index (Phi) is 5.99. The van der Waals surface area contributed by atoms with Crippen molar-refractivity contribution >= 4 is 15.7 Å². The number of sulfonamides is 1. The minimum absolute atomic E-state index is 0.0320. The first-order valence-corrected chi connectivity index (χ1v) is 11.1. The molecule has 9 heteroatoms. The first kappa shape index (κ1) is 21.0. The maximum Gasteiger partial charge on any atom is 0.271 e. The Balaban J connectivity index is 1.67. The molecular formula is C22H20N2O6S. The summed E-state index contributed by atoms with van der Waals surface area (Å²) in [6.45, 7) is 0.892. The zero-order valence-corrected chi connectivity index (χ0v) is 17.3. The van der Waals surface area contributed by atoms with Gasteiger partial charge in [0.1, 0.15) is 16.4 Å². The average Bonchev–Trinajstić information content (AvgIpc) is 2.81. The summed E-state index contributed by atoms with van der Waals surface area (Å²) in [4.78, 5) is 10.4. The van der Waals surface area contributed by atoms with Gasteiger partial charge in [-0.05, 0) is 29.3 Å². The van der Waals surface area contributed by atoms with Gasteiger partial charge >= 0.3 is 0 Å². The Hall–Kier alpha value is -3.27. The molecule has 0 N–H and O–H groups in total. The summed E-state index contributed by atoms with van der Waals surface area (Å²) in [7, 11) is -4.00. The molecule has 1 aliphatic heterocycles. The fraction of sp³-hybridized carbons (Fsp3) is 0.182. The zero-order chi connectivity index (χ0) is 21.8. The minimum atomic E-state index is -4.00. The summed E-state index contributed by atoms with van der Waals surface area (Å²) in [6, 6.07) is 20.6. The van der Waals surface area contributed by atoms with E-state index in [9.17, 15) is 18.5 Å². The van der Waals surface area contributed by atoms with Crippen LogP contribution in [0, 0.1) is 10.1 Å². The van der Waals surface area contributed by atoms with Gasteiger partial charge in [-0.3, -0.25) is 10.1 Å². The molecule has 0 amide bonds. The van der Waals surface area contributed by atoms with Gasteiger partial charge in [-0.1, -0.05) is 42.5 Å². The Morgan fingerprint density at radius 2 is 1.55 bits per heavy atom. The van der Waals surface area contributed by atoms with E-state index < -0.39 is 14.9 Å². The van der Waals surface area contributed by atoms with Crippen LogP contribution in [0.1, 0.15) is 0 Å². The van der Waals surface area contributed by atoms with Crippen LogP contribution in [0.5, 0.6) is 11.5 Å². The fourth-order valence-corrected chi connectivity index (χ4v) is 4.84. The van der Waals surface area contributed by atoms with Crippen molar-refractivity contribution in [2.24, 2.45) is 0 Å². The van der Waals surface area contributed by atoms with Crippen molar-refractivity contribution in [3.63, 3.8) is 0 Å². The summed E-state index contributed by atoms with van der Waals surface area (Å²) >= 11 is 0. The van der Waals surface area contributed by atoms with Crippen molar-refractivity contribution in [1.82, 2.24) is 4.31 Å². The van der Waals surface area contributed by atoms with Gasteiger partial charge in [-0.2, -0.15) is 4.31 Å². The highest BCUT2D eigenvalue weighted by atomic mass is 32.2. The summed E-state index contributed by atoms with van der Waals surface area (Å²) in [5.74, 6) is 0.455. The number of nitro benzene ring substituents is 1. The molecule has 4 rings (SSSR count). The highest BCUT2D eigenvalue weighted by Gasteiger charge is 2.31. The molecule has 3 aromatic carbocycles. The maximum absolute atomic E-state index is 13.2. The van der Waals surface area contributed by atoms with Gasteiger partial charge in [-0.25, -0.2) is 8.42 Å². The molecule has 0 bridgehead atoms. The van der Waals surface area contributed by atoms with Crippen molar-refractivity contribution in [2.45, 2.75) is 4.90 Å². The van der Waals surface area contributed by atoms with E-state index in [1.54, 1.807) is 12.1 Å². The second-order valence-corrected chi connectivity index (χ2v) is 8.80. The molecule has 0 saturated carbocycles. The molecule has 1 heterocycles. The summed E-state index contributed by atoms with van der Waals surface area (Å²) in [6.07, 6.45) is 0. The van der Waals surface area contributed by atoms with Crippen molar-refractivity contribution in [1.29, 1.82) is 0 Å². The van der Waals surface area contributed by atoms with Gasteiger partial charge in [0.2, 0.25) is 10.0 Å². The van der Waals surface area contributed by atoms with E-state index in [0.717, 1.165) is 17.2 Å². The van der Waals surface area contributed by atoms with E-state index in [1.165, 1.54) is 16.4 Å². The molecule has 0 aromatic heterocycles. The van der Waals surface area contributed by atoms with Crippen molar-refractivity contribution < 1.29 is 22.8 Å². The van der Waals surface area contributed by atoms with Crippen molar-refractivity contribution in [3.05, 3.63) is 82.9 Å². The number of hydrogen-bond donors (Lipinski definition) is 0. The summed E-state index contributed by atoms with van der Waals surface area (Å²) in [5, 5.41) is 11.2. The lowest BCUT2D eigenvalue weighted by molar-refractivity contribution is -0.385. The number of non-ortho nitro benzene ring substituents is 1. The molecule has 0 atom stereocenters. The van der Waals surface area contributed by atoms with E-state index in [-0.39, 0.29) is 42.6 Å². The lowest BCUT2D eigenvalue weighted by Gasteiger charge is -2.26. The Morgan fingerprint density at radius 1 is 0.903 bits per heavy atom. The molecule has 0 radical (unpaired) electrons. The molecule has 31 heavy (non-hydrogen) atoms. The number of rotatable bonds is 6. The van der Waals surface area contributed by atoms with E-state index in [0.29, 0.717) is 5.75 Å². The predicted molar refractivity (Wildman–Crippen MR) is 115 cm³/mol. The third-order valence-corrected chi connectivity index (χ3v) is 6.84. The van der Waals surface area contributed by atoms with Crippen LogP contribution in [0.2, 0.25) is 0 Å². The lowest BCUT2D eigenvalue weighted by Crippen LogP contribution is -2.40. The van der Waals surface area contributed by atoms with Crippen LogP contribution in [-0.4, -0.2) is 43.9 Å². The Labute approximate surface area is 179 Å². The van der Waals surface area contributed by atoms with Crippen LogP contribution in [-0.2, 0) is 14.8 Å². The molecule has 1 fully saturated rings. The van der Waals surface area contributed by atoms with Gasteiger partial charge in [0.25, 0.3) is 5.69 Å². The lowest BCUT2D eigenvalue weighted by atomic mass is 10.1. The fourth-order valence-electron chi connectivity index (χ4n) is 3.30. The number of morpholine rings is 1. The van der Waals surface area contributed by atoms with Crippen LogP contribution in [0.15, 0.2) is 77.7 Å². The van der Waals surface area contributed by atoms with Gasteiger partial charge in [-0.15, -0.1) is 0 Å². The van der Waals surface area contributed by atoms with E-state index in [1.807, 2.05) is 42.5 Å². The molecule has 1 saturated heterocycles. The Bertz CT molecular complexity index is 1170. The smallest absolute Gasteiger partial charge is 0.271 e. The molecule has 0 unspecified atom stereocenters. The van der Waals surface area contributed by atoms with Crippen LogP contribution < -0.4 is 4.74 Å². The summed E-state index contributed by atoms with van der Waals surface area (Å²) < 4.78 is 38.7. The second-order valence-electron chi connectivity index (χ2n) is 6.90. The SMILES string of the molecule is O=[N+]([O-])c1ccc(Oc2ccc(-c3ccccc3)cc2)c(S(=O)(=O)N2CCOCC2)c1. The molecule has 8 nitrogen and oxygen atoms in total. The van der Waals surface area contributed by atoms with Crippen LogP contribution in [0.4, 0.5) is 5.69 Å². The second kappa shape index (κ2) is 8.84. The number of ether oxygens (including phenoxy) is 2. The first-order chi connectivity index (χ1) is 14.9. The standard InChI is InChI=1S/C22H20N2O6S/c25-24(26)19-8-11-21(22(16-19)31(27,28)23-12-14-29-15-13-23)30-20-9-6-18(7-10-20)17-4-2-1-3-5-17/h1-11,16H,12-15H2.